The molecule has 0 aliphatic heterocycles. The van der Waals surface area contributed by atoms with Crippen LogP contribution in [0.4, 0.5) is 0 Å². The maximum Gasteiger partial charge on any atom is 0.236 e. The predicted octanol–water partition coefficient (Wildman–Crippen LogP) is 6.15. The van der Waals surface area contributed by atoms with Gasteiger partial charge in [-0.25, -0.2) is 0 Å². The third-order valence-electron chi connectivity index (χ3n) is 8.01. The lowest BCUT2D eigenvalue weighted by Gasteiger charge is -2.12. The first-order chi connectivity index (χ1) is 20.2. The van der Waals surface area contributed by atoms with Gasteiger partial charge in [0.1, 0.15) is 0 Å². The summed E-state index contributed by atoms with van der Waals surface area (Å²) in [6.45, 7) is 9.93. The molecule has 0 aliphatic rings. The van der Waals surface area contributed by atoms with Crippen LogP contribution in [0, 0.1) is 0 Å². The highest BCUT2D eigenvalue weighted by Gasteiger charge is 2.11. The van der Waals surface area contributed by atoms with Gasteiger partial charge < -0.3 is 32.7 Å². The van der Waals surface area contributed by atoms with Crippen molar-refractivity contribution in [2.24, 2.45) is 11.5 Å². The lowest BCUT2D eigenvalue weighted by molar-refractivity contribution is -0.122. The molecule has 0 aromatic rings. The SMILES string of the molecule is CCCCCCCCCCCCCCCCCCNCCCC[C@@H](N)C(=O)NCCCNCCCCNCCCN. The van der Waals surface area contributed by atoms with E-state index >= 15 is 0 Å². The van der Waals surface area contributed by atoms with E-state index in [1.165, 1.54) is 116 Å². The number of carbonyl (C=O) groups is 1. The molecule has 7 heteroatoms. The Hall–Kier alpha value is -0.730. The summed E-state index contributed by atoms with van der Waals surface area (Å²) in [5, 5.41) is 13.4. The van der Waals surface area contributed by atoms with Gasteiger partial charge in [-0.15, -0.1) is 0 Å². The van der Waals surface area contributed by atoms with Gasteiger partial charge in [0.25, 0.3) is 0 Å². The molecule has 0 heterocycles. The molecule has 41 heavy (non-hydrogen) atoms. The summed E-state index contributed by atoms with van der Waals surface area (Å²) in [4.78, 5) is 12.2. The average molecular weight is 583 g/mol. The molecule has 246 valence electrons. The molecule has 0 aromatic carbocycles. The molecule has 0 saturated heterocycles. The summed E-state index contributed by atoms with van der Waals surface area (Å²) in [6.07, 6.45) is 29.8. The van der Waals surface area contributed by atoms with Gasteiger partial charge in [-0.05, 0) is 90.8 Å². The lowest BCUT2D eigenvalue weighted by atomic mass is 10.0. The molecule has 0 rings (SSSR count). The molecular formula is C34H74N6O. The summed E-state index contributed by atoms with van der Waals surface area (Å²) < 4.78 is 0. The van der Waals surface area contributed by atoms with Crippen LogP contribution in [0.1, 0.15) is 155 Å². The molecule has 7 nitrogen and oxygen atoms in total. The number of rotatable bonds is 35. The molecule has 8 N–H and O–H groups in total. The minimum atomic E-state index is -0.380. The van der Waals surface area contributed by atoms with Crippen molar-refractivity contribution in [3.8, 4) is 0 Å². The largest absolute Gasteiger partial charge is 0.355 e. The highest BCUT2D eigenvalue weighted by molar-refractivity contribution is 5.81. The van der Waals surface area contributed by atoms with Crippen molar-refractivity contribution < 1.29 is 4.79 Å². The van der Waals surface area contributed by atoms with Gasteiger partial charge in [0.2, 0.25) is 5.91 Å². The average Bonchev–Trinajstić information content (AvgIpc) is 2.98. The van der Waals surface area contributed by atoms with E-state index in [0.29, 0.717) is 6.54 Å². The Labute approximate surface area is 256 Å². The van der Waals surface area contributed by atoms with Crippen LogP contribution in [0.25, 0.3) is 0 Å². The van der Waals surface area contributed by atoms with E-state index in [0.717, 1.165) is 77.9 Å². The van der Waals surface area contributed by atoms with E-state index in [9.17, 15) is 4.79 Å². The van der Waals surface area contributed by atoms with Crippen LogP contribution < -0.4 is 32.7 Å². The van der Waals surface area contributed by atoms with Crippen molar-refractivity contribution in [2.75, 3.05) is 52.4 Å². The maximum atomic E-state index is 12.2. The van der Waals surface area contributed by atoms with E-state index in [2.05, 4.69) is 28.2 Å². The van der Waals surface area contributed by atoms with E-state index in [-0.39, 0.29) is 11.9 Å². The van der Waals surface area contributed by atoms with E-state index in [1.54, 1.807) is 0 Å². The molecule has 0 radical (unpaired) electrons. The zero-order chi connectivity index (χ0) is 29.9. The van der Waals surface area contributed by atoms with Crippen LogP contribution in [-0.2, 0) is 4.79 Å². The molecule has 0 bridgehead atoms. The number of hydrogen-bond donors (Lipinski definition) is 6. The van der Waals surface area contributed by atoms with Gasteiger partial charge in [0, 0.05) is 6.54 Å². The summed E-state index contributed by atoms with van der Waals surface area (Å²) in [5.74, 6) is -0.00493. The highest BCUT2D eigenvalue weighted by atomic mass is 16.2. The molecule has 0 unspecified atom stereocenters. The van der Waals surface area contributed by atoms with Crippen molar-refractivity contribution in [3.63, 3.8) is 0 Å². The monoisotopic (exact) mass is 583 g/mol. The Kier molecular flexibility index (Phi) is 34.8. The van der Waals surface area contributed by atoms with Crippen LogP contribution in [0.5, 0.6) is 0 Å². The fourth-order valence-corrected chi connectivity index (χ4v) is 5.20. The molecule has 0 fully saturated rings. The number of hydrogen-bond acceptors (Lipinski definition) is 6. The molecule has 0 aromatic heterocycles. The topological polar surface area (TPSA) is 117 Å². The van der Waals surface area contributed by atoms with Crippen molar-refractivity contribution in [1.29, 1.82) is 0 Å². The molecule has 1 atom stereocenters. The van der Waals surface area contributed by atoms with Crippen LogP contribution in [0.15, 0.2) is 0 Å². The predicted molar refractivity (Wildman–Crippen MR) is 181 cm³/mol. The zero-order valence-corrected chi connectivity index (χ0v) is 27.6. The van der Waals surface area contributed by atoms with E-state index in [1.807, 2.05) is 0 Å². The summed E-state index contributed by atoms with van der Waals surface area (Å²) in [5.41, 5.74) is 11.6. The van der Waals surface area contributed by atoms with Crippen LogP contribution in [-0.4, -0.2) is 64.3 Å². The lowest BCUT2D eigenvalue weighted by Crippen LogP contribution is -2.41. The summed E-state index contributed by atoms with van der Waals surface area (Å²) >= 11 is 0. The second-order valence-electron chi connectivity index (χ2n) is 12.1. The second kappa shape index (κ2) is 35.5. The summed E-state index contributed by atoms with van der Waals surface area (Å²) in [6, 6.07) is -0.380. The standard InChI is InChI=1S/C34H74N6O/c1-2-3-4-5-6-7-8-9-10-11-12-13-14-15-16-18-26-37-27-19-17-24-33(36)34(41)40-32-23-31-39-29-21-20-28-38-30-22-25-35/h33,37-39H,2-32,35-36H2,1H3,(H,40,41)/t33-/m1/s1. The summed E-state index contributed by atoms with van der Waals surface area (Å²) in [7, 11) is 0. The molecule has 0 aliphatic carbocycles. The van der Waals surface area contributed by atoms with Crippen LogP contribution in [0.2, 0.25) is 0 Å². The fraction of sp³-hybridized carbons (Fsp3) is 0.971. The number of nitrogens with two attached hydrogens (primary N) is 2. The minimum absolute atomic E-state index is 0.00493. The first-order valence-electron chi connectivity index (χ1n) is 18.1. The van der Waals surface area contributed by atoms with Crippen molar-refractivity contribution >= 4 is 5.91 Å². The minimum Gasteiger partial charge on any atom is -0.355 e. The Balaban J connectivity index is 3.24. The zero-order valence-electron chi connectivity index (χ0n) is 27.6. The number of carbonyl (C=O) groups excluding carboxylic acids is 1. The molecule has 0 saturated carbocycles. The first-order valence-corrected chi connectivity index (χ1v) is 18.1. The van der Waals surface area contributed by atoms with Gasteiger partial charge >= 0.3 is 0 Å². The van der Waals surface area contributed by atoms with Gasteiger partial charge in [-0.2, -0.15) is 0 Å². The van der Waals surface area contributed by atoms with Crippen molar-refractivity contribution in [2.45, 2.75) is 161 Å². The number of amides is 1. The normalized spacial score (nSPS) is 12.2. The Morgan fingerprint density at radius 1 is 0.488 bits per heavy atom. The molecule has 1 amide bonds. The first kappa shape index (κ1) is 40.3. The smallest absolute Gasteiger partial charge is 0.236 e. The Morgan fingerprint density at radius 2 is 0.854 bits per heavy atom. The maximum absolute atomic E-state index is 12.2. The number of unbranched alkanes of at least 4 members (excludes halogenated alkanes) is 17. The fourth-order valence-electron chi connectivity index (χ4n) is 5.20. The van der Waals surface area contributed by atoms with Gasteiger partial charge in [0.15, 0.2) is 0 Å². The Bertz CT molecular complexity index is 508. The van der Waals surface area contributed by atoms with Gasteiger partial charge in [-0.1, -0.05) is 110 Å². The molecular weight excluding hydrogens is 508 g/mol. The Morgan fingerprint density at radius 3 is 1.32 bits per heavy atom. The van der Waals surface area contributed by atoms with Crippen LogP contribution in [0.3, 0.4) is 0 Å². The van der Waals surface area contributed by atoms with E-state index in [4.69, 9.17) is 11.5 Å². The second-order valence-corrected chi connectivity index (χ2v) is 12.1. The highest BCUT2D eigenvalue weighted by Crippen LogP contribution is 2.13. The van der Waals surface area contributed by atoms with Crippen molar-refractivity contribution in [3.05, 3.63) is 0 Å². The van der Waals surface area contributed by atoms with Crippen molar-refractivity contribution in [1.82, 2.24) is 21.3 Å². The van der Waals surface area contributed by atoms with Gasteiger partial charge in [0.05, 0.1) is 6.04 Å². The van der Waals surface area contributed by atoms with Gasteiger partial charge in [-0.3, -0.25) is 4.79 Å². The van der Waals surface area contributed by atoms with Crippen LogP contribution >= 0.6 is 0 Å². The quantitative estimate of drug-likeness (QED) is 0.0499. The third kappa shape index (κ3) is 33.6. The van der Waals surface area contributed by atoms with E-state index < -0.39 is 0 Å². The third-order valence-corrected chi connectivity index (χ3v) is 8.01. The number of nitrogens with one attached hydrogen (secondary N) is 4. The molecule has 0 spiro atoms.